The summed E-state index contributed by atoms with van der Waals surface area (Å²) < 4.78 is 19.9. The molecule has 1 aliphatic rings. The van der Waals surface area contributed by atoms with Gasteiger partial charge >= 0.3 is 5.97 Å². The molecule has 184 valence electrons. The Morgan fingerprint density at radius 3 is 2.60 bits per heavy atom. The first kappa shape index (κ1) is 24.7. The van der Waals surface area contributed by atoms with E-state index in [0.717, 1.165) is 11.1 Å². The highest BCUT2D eigenvalue weighted by atomic mass is 79.9. The molecule has 0 spiro atoms. The summed E-state index contributed by atoms with van der Waals surface area (Å²) in [5.41, 5.74) is 4.02. The first-order chi connectivity index (χ1) is 16.8. The molecule has 0 aliphatic carbocycles. The number of carbonyl (C=O) groups excluding carboxylic acids is 1. The summed E-state index contributed by atoms with van der Waals surface area (Å²) in [6.07, 6.45) is -0.276. The monoisotopic (exact) mass is 541 g/mol. The van der Waals surface area contributed by atoms with Crippen molar-refractivity contribution >= 4 is 27.8 Å². The molecule has 1 unspecified atom stereocenters. The molecule has 2 heterocycles. The number of hydrogen-bond acceptors (Lipinski definition) is 8. The number of hydrogen-bond donors (Lipinski definition) is 1. The molecular weight excluding hydrogens is 514 g/mol. The van der Waals surface area contributed by atoms with Crippen LogP contribution in [0.15, 0.2) is 52.1 Å². The number of allylic oxidation sites excluding steroid dienone is 1. The normalized spacial score (nSPS) is 15.0. The molecule has 0 saturated carbocycles. The van der Waals surface area contributed by atoms with E-state index in [1.165, 1.54) is 5.56 Å². The fraction of sp³-hybridized carbons (Fsp3) is 0.360. The van der Waals surface area contributed by atoms with Gasteiger partial charge in [-0.3, -0.25) is 0 Å². The van der Waals surface area contributed by atoms with Gasteiger partial charge in [-0.1, -0.05) is 34.9 Å². The molecule has 10 heteroatoms. The number of fused-ring (bicyclic) bond motifs is 1. The van der Waals surface area contributed by atoms with Gasteiger partial charge in [-0.2, -0.15) is 4.68 Å². The van der Waals surface area contributed by atoms with Gasteiger partial charge in [0.15, 0.2) is 11.5 Å². The van der Waals surface area contributed by atoms with Crippen molar-refractivity contribution in [1.29, 1.82) is 0 Å². The molecule has 0 radical (unpaired) electrons. The highest BCUT2D eigenvalue weighted by molar-refractivity contribution is 9.10. The molecule has 0 fully saturated rings. The van der Waals surface area contributed by atoms with Crippen molar-refractivity contribution in [1.82, 2.24) is 20.2 Å². The second kappa shape index (κ2) is 10.5. The molecule has 35 heavy (non-hydrogen) atoms. The van der Waals surface area contributed by atoms with Crippen molar-refractivity contribution in [2.45, 2.75) is 53.4 Å². The lowest BCUT2D eigenvalue weighted by Crippen LogP contribution is -2.30. The third-order valence-corrected chi connectivity index (χ3v) is 6.02. The van der Waals surface area contributed by atoms with E-state index >= 15 is 0 Å². The number of ether oxygens (including phenoxy) is 3. The number of carbonyl (C=O) groups is 1. The molecule has 1 atom stereocenters. The van der Waals surface area contributed by atoms with Gasteiger partial charge in [0, 0.05) is 5.70 Å². The Morgan fingerprint density at radius 1 is 1.17 bits per heavy atom. The maximum atomic E-state index is 13.1. The quantitative estimate of drug-likeness (QED) is 0.399. The number of anilines is 1. The van der Waals surface area contributed by atoms with Gasteiger partial charge in [0.2, 0.25) is 5.95 Å². The average Bonchev–Trinajstić information content (AvgIpc) is 3.26. The van der Waals surface area contributed by atoms with Crippen molar-refractivity contribution in [2.24, 2.45) is 0 Å². The fourth-order valence-corrected chi connectivity index (χ4v) is 4.43. The van der Waals surface area contributed by atoms with Crippen LogP contribution in [-0.2, 0) is 16.1 Å². The molecule has 1 aromatic heterocycles. The number of aromatic nitrogens is 4. The summed E-state index contributed by atoms with van der Waals surface area (Å²) in [5.74, 6) is 1.12. The van der Waals surface area contributed by atoms with Crippen molar-refractivity contribution in [3.63, 3.8) is 0 Å². The lowest BCUT2D eigenvalue weighted by atomic mass is 9.95. The number of benzene rings is 2. The summed E-state index contributed by atoms with van der Waals surface area (Å²) in [6, 6.07) is 11.3. The first-order valence-corrected chi connectivity index (χ1v) is 12.2. The van der Waals surface area contributed by atoms with Crippen LogP contribution in [0.4, 0.5) is 5.95 Å². The van der Waals surface area contributed by atoms with Crippen LogP contribution < -0.4 is 14.8 Å². The van der Waals surface area contributed by atoms with Crippen LogP contribution in [0.25, 0.3) is 0 Å². The Kier molecular flexibility index (Phi) is 7.39. The largest absolute Gasteiger partial charge is 0.490 e. The lowest BCUT2D eigenvalue weighted by Gasteiger charge is -2.28. The number of halogens is 1. The maximum Gasteiger partial charge on any atom is 0.338 e. The summed E-state index contributed by atoms with van der Waals surface area (Å²) in [7, 11) is 0. The Labute approximate surface area is 212 Å². The Hall–Kier alpha value is -3.40. The standard InChI is InChI=1S/C25H28BrN5O4/c1-6-33-20-12-18(11-19(26)23(20)34-13-17-9-7-15(4)8-10-17)22-21(24(32)35-14(2)3)16(5)27-25-28-29-30-31(22)25/h7-12,14,22H,6,13H2,1-5H3,(H,27,28,30). The number of nitrogens with zero attached hydrogens (tertiary/aromatic N) is 4. The molecule has 1 aliphatic heterocycles. The van der Waals surface area contributed by atoms with E-state index in [4.69, 9.17) is 14.2 Å². The van der Waals surface area contributed by atoms with E-state index in [9.17, 15) is 4.79 Å². The lowest BCUT2D eigenvalue weighted by molar-refractivity contribution is -0.143. The minimum Gasteiger partial charge on any atom is -0.490 e. The van der Waals surface area contributed by atoms with Crippen LogP contribution in [0.3, 0.4) is 0 Å². The highest BCUT2D eigenvalue weighted by Gasteiger charge is 2.36. The number of rotatable bonds is 8. The molecule has 0 amide bonds. The van der Waals surface area contributed by atoms with E-state index < -0.39 is 12.0 Å². The summed E-state index contributed by atoms with van der Waals surface area (Å²) in [5, 5.41) is 15.1. The van der Waals surface area contributed by atoms with Crippen LogP contribution in [0.5, 0.6) is 11.5 Å². The number of aryl methyl sites for hydroxylation is 1. The minimum absolute atomic E-state index is 0.276. The van der Waals surface area contributed by atoms with Crippen molar-refractivity contribution in [3.8, 4) is 11.5 Å². The summed E-state index contributed by atoms with van der Waals surface area (Å²) in [4.78, 5) is 13.1. The second-order valence-corrected chi connectivity index (χ2v) is 9.36. The molecule has 0 bridgehead atoms. The van der Waals surface area contributed by atoms with Crippen LogP contribution in [-0.4, -0.2) is 38.9 Å². The zero-order valence-corrected chi connectivity index (χ0v) is 21.9. The van der Waals surface area contributed by atoms with E-state index in [0.29, 0.717) is 46.4 Å². The highest BCUT2D eigenvalue weighted by Crippen LogP contribution is 2.43. The third-order valence-electron chi connectivity index (χ3n) is 5.43. The molecule has 4 rings (SSSR count). The van der Waals surface area contributed by atoms with Crippen molar-refractivity contribution < 1.29 is 19.0 Å². The molecule has 1 N–H and O–H groups in total. The van der Waals surface area contributed by atoms with Crippen LogP contribution in [0.1, 0.15) is 50.4 Å². The molecule has 2 aromatic carbocycles. The Bertz CT molecular complexity index is 1250. The van der Waals surface area contributed by atoms with Gasteiger partial charge in [0.1, 0.15) is 12.6 Å². The Morgan fingerprint density at radius 2 is 1.91 bits per heavy atom. The van der Waals surface area contributed by atoms with Crippen LogP contribution in [0.2, 0.25) is 0 Å². The van der Waals surface area contributed by atoms with Gasteiger partial charge in [0.25, 0.3) is 0 Å². The van der Waals surface area contributed by atoms with Crippen LogP contribution in [0, 0.1) is 6.92 Å². The maximum absolute atomic E-state index is 13.1. The topological polar surface area (TPSA) is 100 Å². The predicted molar refractivity (Wildman–Crippen MR) is 134 cm³/mol. The van der Waals surface area contributed by atoms with Gasteiger partial charge in [-0.25, -0.2) is 4.79 Å². The van der Waals surface area contributed by atoms with Crippen molar-refractivity contribution in [2.75, 3.05) is 11.9 Å². The zero-order valence-electron chi connectivity index (χ0n) is 20.3. The van der Waals surface area contributed by atoms with Crippen molar-refractivity contribution in [3.05, 3.63) is 68.8 Å². The average molecular weight is 542 g/mol. The number of esters is 1. The van der Waals surface area contributed by atoms with Crippen LogP contribution >= 0.6 is 15.9 Å². The van der Waals surface area contributed by atoms with Gasteiger partial charge < -0.3 is 19.5 Å². The van der Waals surface area contributed by atoms with E-state index in [1.807, 2.05) is 64.1 Å². The number of tetrazole rings is 1. The SMILES string of the molecule is CCOc1cc(C2C(C(=O)OC(C)C)=C(C)Nc3nnnn32)cc(Br)c1OCc1ccc(C)cc1. The second-order valence-electron chi connectivity index (χ2n) is 8.50. The van der Waals surface area contributed by atoms with E-state index in [1.54, 1.807) is 11.6 Å². The summed E-state index contributed by atoms with van der Waals surface area (Å²) >= 11 is 3.65. The smallest absolute Gasteiger partial charge is 0.338 e. The van der Waals surface area contributed by atoms with E-state index in [-0.39, 0.29) is 6.10 Å². The molecule has 0 saturated heterocycles. The first-order valence-electron chi connectivity index (χ1n) is 11.4. The third kappa shape index (κ3) is 5.32. The number of nitrogens with one attached hydrogen (secondary N) is 1. The molecule has 9 nitrogen and oxygen atoms in total. The summed E-state index contributed by atoms with van der Waals surface area (Å²) in [6.45, 7) is 10.2. The van der Waals surface area contributed by atoms with E-state index in [2.05, 4.69) is 36.8 Å². The Balaban J connectivity index is 1.74. The minimum atomic E-state index is -0.617. The predicted octanol–water partition coefficient (Wildman–Crippen LogP) is 4.96. The zero-order chi connectivity index (χ0) is 25.1. The van der Waals surface area contributed by atoms with Gasteiger partial charge in [-0.15, -0.1) is 0 Å². The van der Waals surface area contributed by atoms with Gasteiger partial charge in [0.05, 0.1) is 22.8 Å². The molecular formula is C25H28BrN5O4. The molecule has 3 aromatic rings. The fourth-order valence-electron chi connectivity index (χ4n) is 3.85. The van der Waals surface area contributed by atoms with Gasteiger partial charge in [-0.05, 0) is 84.2 Å².